The van der Waals surface area contributed by atoms with Crippen LogP contribution in [0, 0.1) is 11.3 Å². The van der Waals surface area contributed by atoms with Gasteiger partial charge in [-0.2, -0.15) is 0 Å². The molecule has 1 aromatic rings. The zero-order chi connectivity index (χ0) is 13.7. The van der Waals surface area contributed by atoms with Crippen molar-refractivity contribution in [3.8, 4) is 0 Å². The average molecular weight is 289 g/mol. The van der Waals surface area contributed by atoms with Crippen LogP contribution in [0.1, 0.15) is 20.3 Å². The SMILES string of the molecule is CC(C)CN(CCC(=N)N)c1ncc(Cl)cc1Cl. The molecule has 0 fully saturated rings. The summed E-state index contributed by atoms with van der Waals surface area (Å²) in [6, 6.07) is 1.67. The van der Waals surface area contributed by atoms with Gasteiger partial charge in [0.25, 0.3) is 0 Å². The predicted molar refractivity (Wildman–Crippen MR) is 77.8 cm³/mol. The van der Waals surface area contributed by atoms with E-state index in [1.165, 1.54) is 0 Å². The van der Waals surface area contributed by atoms with E-state index in [0.717, 1.165) is 6.54 Å². The van der Waals surface area contributed by atoms with Crippen molar-refractivity contribution in [2.24, 2.45) is 11.7 Å². The predicted octanol–water partition coefficient (Wildman–Crippen LogP) is 3.18. The summed E-state index contributed by atoms with van der Waals surface area (Å²) < 4.78 is 0. The number of amidine groups is 1. The minimum Gasteiger partial charge on any atom is -0.388 e. The molecule has 0 bridgehead atoms. The quantitative estimate of drug-likeness (QED) is 0.624. The van der Waals surface area contributed by atoms with Gasteiger partial charge in [-0.25, -0.2) is 4.98 Å². The maximum atomic E-state index is 7.30. The Morgan fingerprint density at radius 2 is 2.17 bits per heavy atom. The van der Waals surface area contributed by atoms with Gasteiger partial charge >= 0.3 is 0 Å². The fraction of sp³-hybridized carbons (Fsp3) is 0.500. The monoisotopic (exact) mass is 288 g/mol. The highest BCUT2D eigenvalue weighted by Crippen LogP contribution is 2.26. The van der Waals surface area contributed by atoms with E-state index in [0.29, 0.717) is 34.7 Å². The van der Waals surface area contributed by atoms with Gasteiger partial charge in [-0.3, -0.25) is 5.41 Å². The fourth-order valence-electron chi connectivity index (χ4n) is 1.62. The smallest absolute Gasteiger partial charge is 0.147 e. The van der Waals surface area contributed by atoms with Crippen LogP contribution in [0.4, 0.5) is 5.82 Å². The lowest BCUT2D eigenvalue weighted by atomic mass is 10.2. The van der Waals surface area contributed by atoms with Crippen LogP contribution in [0.5, 0.6) is 0 Å². The molecule has 0 aliphatic rings. The van der Waals surface area contributed by atoms with Crippen LogP contribution in [0.25, 0.3) is 0 Å². The Morgan fingerprint density at radius 3 is 2.67 bits per heavy atom. The number of nitrogens with zero attached hydrogens (tertiary/aromatic N) is 2. The molecular weight excluding hydrogens is 271 g/mol. The van der Waals surface area contributed by atoms with Crippen LogP contribution in [0.15, 0.2) is 12.3 Å². The molecule has 1 aromatic heterocycles. The number of hydrogen-bond donors (Lipinski definition) is 2. The third-order valence-electron chi connectivity index (χ3n) is 2.32. The van der Waals surface area contributed by atoms with E-state index >= 15 is 0 Å². The lowest BCUT2D eigenvalue weighted by Gasteiger charge is -2.26. The van der Waals surface area contributed by atoms with Crippen LogP contribution >= 0.6 is 23.2 Å². The molecule has 0 aromatic carbocycles. The first kappa shape index (κ1) is 15.1. The van der Waals surface area contributed by atoms with Gasteiger partial charge in [0.05, 0.1) is 15.9 Å². The van der Waals surface area contributed by atoms with E-state index in [4.69, 9.17) is 34.3 Å². The number of nitrogens with one attached hydrogen (secondary N) is 1. The molecule has 0 saturated carbocycles. The van der Waals surface area contributed by atoms with Crippen LogP contribution in [-0.4, -0.2) is 23.9 Å². The van der Waals surface area contributed by atoms with Crippen molar-refractivity contribution in [3.63, 3.8) is 0 Å². The van der Waals surface area contributed by atoms with Crippen LogP contribution < -0.4 is 10.6 Å². The molecule has 0 aliphatic heterocycles. The van der Waals surface area contributed by atoms with Crippen molar-refractivity contribution >= 4 is 34.9 Å². The molecule has 6 heteroatoms. The van der Waals surface area contributed by atoms with Gasteiger partial charge in [0.1, 0.15) is 5.82 Å². The number of anilines is 1. The first-order chi connectivity index (χ1) is 8.40. The number of halogens is 2. The van der Waals surface area contributed by atoms with E-state index in [1.54, 1.807) is 12.3 Å². The number of aromatic nitrogens is 1. The molecule has 0 aliphatic carbocycles. The van der Waals surface area contributed by atoms with Crippen molar-refractivity contribution < 1.29 is 0 Å². The summed E-state index contributed by atoms with van der Waals surface area (Å²) in [4.78, 5) is 6.29. The van der Waals surface area contributed by atoms with E-state index in [1.807, 2.05) is 4.90 Å². The summed E-state index contributed by atoms with van der Waals surface area (Å²) in [5, 5.41) is 8.33. The highest BCUT2D eigenvalue weighted by Gasteiger charge is 2.14. The molecule has 1 rings (SSSR count). The molecule has 0 saturated heterocycles. The number of nitrogens with two attached hydrogens (primary N) is 1. The van der Waals surface area contributed by atoms with Gasteiger partial charge in [0, 0.05) is 25.7 Å². The summed E-state index contributed by atoms with van der Waals surface area (Å²) in [5.41, 5.74) is 5.39. The second-order valence-electron chi connectivity index (χ2n) is 4.57. The molecule has 0 unspecified atom stereocenters. The van der Waals surface area contributed by atoms with Gasteiger partial charge in [0.15, 0.2) is 0 Å². The summed E-state index contributed by atoms with van der Waals surface area (Å²) >= 11 is 12.0. The zero-order valence-electron chi connectivity index (χ0n) is 10.6. The Hall–Kier alpha value is -1.000. The topological polar surface area (TPSA) is 66.0 Å². The van der Waals surface area contributed by atoms with Gasteiger partial charge in [-0.1, -0.05) is 37.0 Å². The van der Waals surface area contributed by atoms with Gasteiger partial charge in [-0.15, -0.1) is 0 Å². The Kier molecular flexibility index (Phi) is 5.69. The molecule has 1 heterocycles. The molecule has 18 heavy (non-hydrogen) atoms. The summed E-state index contributed by atoms with van der Waals surface area (Å²) in [5.74, 6) is 1.32. The molecule has 0 atom stereocenters. The first-order valence-corrected chi connectivity index (χ1v) is 6.54. The summed E-state index contributed by atoms with van der Waals surface area (Å²) in [6.07, 6.45) is 2.07. The lowest BCUT2D eigenvalue weighted by molar-refractivity contribution is 0.609. The number of rotatable bonds is 6. The van der Waals surface area contributed by atoms with Crippen LogP contribution in [0.2, 0.25) is 10.0 Å². The van der Waals surface area contributed by atoms with Crippen molar-refractivity contribution in [2.75, 3.05) is 18.0 Å². The van der Waals surface area contributed by atoms with E-state index < -0.39 is 0 Å². The maximum absolute atomic E-state index is 7.30. The first-order valence-electron chi connectivity index (χ1n) is 5.79. The third kappa shape index (κ3) is 4.70. The van der Waals surface area contributed by atoms with Crippen molar-refractivity contribution in [3.05, 3.63) is 22.3 Å². The summed E-state index contributed by atoms with van der Waals surface area (Å²) in [6.45, 7) is 5.67. The average Bonchev–Trinajstić information content (AvgIpc) is 2.24. The molecule has 0 radical (unpaired) electrons. The normalized spacial score (nSPS) is 10.7. The Morgan fingerprint density at radius 1 is 1.50 bits per heavy atom. The third-order valence-corrected chi connectivity index (χ3v) is 2.81. The molecule has 0 amide bonds. The highest BCUT2D eigenvalue weighted by atomic mass is 35.5. The van der Waals surface area contributed by atoms with Gasteiger partial charge in [-0.05, 0) is 12.0 Å². The van der Waals surface area contributed by atoms with Gasteiger partial charge in [0.2, 0.25) is 0 Å². The standard InChI is InChI=1S/C12H18Cl2N4/c1-8(2)7-18(4-3-11(15)16)12-10(14)5-9(13)6-17-12/h5-6,8H,3-4,7H2,1-2H3,(H3,15,16). The Balaban J connectivity index is 2.89. The van der Waals surface area contributed by atoms with E-state index in [2.05, 4.69) is 18.8 Å². The Labute approximate surface area is 118 Å². The number of pyridine rings is 1. The maximum Gasteiger partial charge on any atom is 0.147 e. The second-order valence-corrected chi connectivity index (χ2v) is 5.42. The molecule has 3 N–H and O–H groups in total. The van der Waals surface area contributed by atoms with Crippen molar-refractivity contribution in [1.29, 1.82) is 5.41 Å². The fourth-order valence-corrected chi connectivity index (χ4v) is 2.12. The van der Waals surface area contributed by atoms with E-state index in [9.17, 15) is 0 Å². The number of hydrogen-bond acceptors (Lipinski definition) is 3. The zero-order valence-corrected chi connectivity index (χ0v) is 12.1. The second kappa shape index (κ2) is 6.81. The Bertz CT molecular complexity index is 421. The minimum absolute atomic E-state index is 0.161. The van der Waals surface area contributed by atoms with Gasteiger partial charge < -0.3 is 10.6 Å². The lowest BCUT2D eigenvalue weighted by Crippen LogP contribution is -2.32. The van der Waals surface area contributed by atoms with Crippen LogP contribution in [-0.2, 0) is 0 Å². The molecule has 4 nitrogen and oxygen atoms in total. The van der Waals surface area contributed by atoms with E-state index in [-0.39, 0.29) is 5.84 Å². The largest absolute Gasteiger partial charge is 0.388 e. The van der Waals surface area contributed by atoms with Crippen molar-refractivity contribution in [1.82, 2.24) is 4.98 Å². The summed E-state index contributed by atoms with van der Waals surface area (Å²) in [7, 11) is 0. The van der Waals surface area contributed by atoms with Crippen LogP contribution in [0.3, 0.4) is 0 Å². The molecule has 100 valence electrons. The minimum atomic E-state index is 0.161. The molecular formula is C12H18Cl2N4. The van der Waals surface area contributed by atoms with Crippen molar-refractivity contribution in [2.45, 2.75) is 20.3 Å². The molecule has 0 spiro atoms. The highest BCUT2D eigenvalue weighted by molar-refractivity contribution is 6.36.